The molecule has 2 aromatic rings. The van der Waals surface area contributed by atoms with Gasteiger partial charge in [0, 0.05) is 27.0 Å². The number of nitro groups is 1. The minimum Gasteiger partial charge on any atom is -0.347 e. The van der Waals surface area contributed by atoms with Crippen LogP contribution in [0.3, 0.4) is 0 Å². The van der Waals surface area contributed by atoms with Crippen LogP contribution in [0.2, 0.25) is 0 Å². The Hall–Kier alpha value is -1.73. The van der Waals surface area contributed by atoms with Crippen molar-refractivity contribution in [1.29, 1.82) is 0 Å². The lowest BCUT2D eigenvalue weighted by molar-refractivity contribution is -0.384. The maximum Gasteiger partial charge on any atom is 0.269 e. The van der Waals surface area contributed by atoms with Gasteiger partial charge >= 0.3 is 0 Å². The minimum absolute atomic E-state index is 0.0138. The fourth-order valence-electron chi connectivity index (χ4n) is 1.72. The lowest BCUT2D eigenvalue weighted by Gasteiger charge is -2.07. The first kappa shape index (κ1) is 14.7. The molecule has 0 bridgehead atoms. The highest BCUT2D eigenvalue weighted by molar-refractivity contribution is 9.10. The van der Waals surface area contributed by atoms with Gasteiger partial charge < -0.3 is 5.32 Å². The summed E-state index contributed by atoms with van der Waals surface area (Å²) in [7, 11) is 0. The summed E-state index contributed by atoms with van der Waals surface area (Å²) in [4.78, 5) is 23.3. The van der Waals surface area contributed by atoms with Gasteiger partial charge in [0.2, 0.25) is 0 Å². The summed E-state index contributed by atoms with van der Waals surface area (Å²) in [5.41, 5.74) is 1.02. The van der Waals surface area contributed by atoms with Gasteiger partial charge in [-0.25, -0.2) is 0 Å². The van der Waals surface area contributed by atoms with Crippen LogP contribution in [0.25, 0.3) is 0 Å². The van der Waals surface area contributed by atoms with Crippen molar-refractivity contribution in [3.8, 4) is 0 Å². The molecule has 5 nitrogen and oxygen atoms in total. The standard InChI is InChI=1S/C13H11BrN2O3S/c1-8-6-9(16(18)19)2-3-10(8)13(17)15-7-12-11(14)4-5-20-12/h2-6H,7H2,1H3,(H,15,17). The van der Waals surface area contributed by atoms with Crippen LogP contribution in [0.15, 0.2) is 34.1 Å². The zero-order chi connectivity index (χ0) is 14.7. The second-order valence-electron chi connectivity index (χ2n) is 4.13. The van der Waals surface area contributed by atoms with Gasteiger partial charge in [-0.1, -0.05) is 0 Å². The third-order valence-corrected chi connectivity index (χ3v) is 4.69. The molecule has 1 N–H and O–H groups in total. The number of thiophene rings is 1. The van der Waals surface area contributed by atoms with Gasteiger partial charge in [0.15, 0.2) is 0 Å². The number of nitro benzene ring substituents is 1. The first-order valence-electron chi connectivity index (χ1n) is 5.74. The Balaban J connectivity index is 2.10. The Kier molecular flexibility index (Phi) is 4.51. The number of carbonyl (C=O) groups is 1. The van der Waals surface area contributed by atoms with Gasteiger partial charge in [0.1, 0.15) is 0 Å². The first-order valence-corrected chi connectivity index (χ1v) is 7.41. The molecule has 20 heavy (non-hydrogen) atoms. The molecule has 0 atom stereocenters. The van der Waals surface area contributed by atoms with E-state index >= 15 is 0 Å². The fraction of sp³-hybridized carbons (Fsp3) is 0.154. The van der Waals surface area contributed by atoms with Gasteiger partial charge in [0.05, 0.1) is 11.5 Å². The summed E-state index contributed by atoms with van der Waals surface area (Å²) >= 11 is 4.94. The van der Waals surface area contributed by atoms with Crippen molar-refractivity contribution in [3.05, 3.63) is 60.2 Å². The molecule has 0 aliphatic heterocycles. The highest BCUT2D eigenvalue weighted by Gasteiger charge is 2.13. The molecule has 1 heterocycles. The number of benzene rings is 1. The Bertz CT molecular complexity index is 669. The number of hydrogen-bond acceptors (Lipinski definition) is 4. The molecule has 2 rings (SSSR count). The average molecular weight is 355 g/mol. The number of nitrogens with one attached hydrogen (secondary N) is 1. The predicted molar refractivity (Wildman–Crippen MR) is 81.0 cm³/mol. The van der Waals surface area contributed by atoms with Crippen molar-refractivity contribution in [1.82, 2.24) is 5.32 Å². The quantitative estimate of drug-likeness (QED) is 0.672. The van der Waals surface area contributed by atoms with E-state index in [-0.39, 0.29) is 11.6 Å². The summed E-state index contributed by atoms with van der Waals surface area (Å²) < 4.78 is 0.961. The van der Waals surface area contributed by atoms with Crippen LogP contribution in [0, 0.1) is 17.0 Å². The molecule has 0 fully saturated rings. The number of amides is 1. The number of aryl methyl sites for hydroxylation is 1. The number of nitrogens with zero attached hydrogens (tertiary/aromatic N) is 1. The summed E-state index contributed by atoms with van der Waals surface area (Å²) in [6, 6.07) is 6.13. The molecule has 0 aliphatic carbocycles. The summed E-state index contributed by atoms with van der Waals surface area (Å²) in [6.45, 7) is 2.11. The molecule has 0 radical (unpaired) electrons. The SMILES string of the molecule is Cc1cc([N+](=O)[O-])ccc1C(=O)NCc1sccc1Br. The van der Waals surface area contributed by atoms with Crippen LogP contribution >= 0.6 is 27.3 Å². The van der Waals surface area contributed by atoms with Gasteiger partial charge in [-0.05, 0) is 45.9 Å². The number of carbonyl (C=O) groups excluding carboxylic acids is 1. The van der Waals surface area contributed by atoms with Crippen LogP contribution in [0.4, 0.5) is 5.69 Å². The Morgan fingerprint density at radius 3 is 2.75 bits per heavy atom. The lowest BCUT2D eigenvalue weighted by atomic mass is 10.1. The topological polar surface area (TPSA) is 72.2 Å². The van der Waals surface area contributed by atoms with E-state index in [2.05, 4.69) is 21.2 Å². The molecule has 1 aromatic heterocycles. The molecule has 0 spiro atoms. The molecular weight excluding hydrogens is 344 g/mol. The van der Waals surface area contributed by atoms with E-state index in [1.807, 2.05) is 11.4 Å². The van der Waals surface area contributed by atoms with Crippen LogP contribution < -0.4 is 5.32 Å². The Morgan fingerprint density at radius 2 is 2.20 bits per heavy atom. The van der Waals surface area contributed by atoms with Gasteiger partial charge in [-0.15, -0.1) is 11.3 Å². The second-order valence-corrected chi connectivity index (χ2v) is 5.99. The average Bonchev–Trinajstić information content (AvgIpc) is 2.81. The van der Waals surface area contributed by atoms with E-state index in [0.29, 0.717) is 17.7 Å². The Morgan fingerprint density at radius 1 is 1.45 bits per heavy atom. The number of non-ortho nitro benzene ring substituents is 1. The zero-order valence-electron chi connectivity index (χ0n) is 10.6. The number of rotatable bonds is 4. The number of halogens is 1. The van der Waals surface area contributed by atoms with E-state index in [1.165, 1.54) is 18.2 Å². The smallest absolute Gasteiger partial charge is 0.269 e. The van der Waals surface area contributed by atoms with E-state index in [9.17, 15) is 14.9 Å². The zero-order valence-corrected chi connectivity index (χ0v) is 13.0. The summed E-state index contributed by atoms with van der Waals surface area (Å²) in [5, 5.41) is 15.4. The highest BCUT2D eigenvalue weighted by Crippen LogP contribution is 2.22. The van der Waals surface area contributed by atoms with E-state index in [0.717, 1.165) is 9.35 Å². The molecule has 7 heteroatoms. The first-order chi connectivity index (χ1) is 9.49. The molecular formula is C13H11BrN2O3S. The van der Waals surface area contributed by atoms with Crippen LogP contribution in [-0.4, -0.2) is 10.8 Å². The molecule has 0 aliphatic rings. The van der Waals surface area contributed by atoms with E-state index in [4.69, 9.17) is 0 Å². The largest absolute Gasteiger partial charge is 0.347 e. The maximum absolute atomic E-state index is 12.1. The van der Waals surface area contributed by atoms with Crippen molar-refractivity contribution < 1.29 is 9.72 Å². The summed E-state index contributed by atoms with van der Waals surface area (Å²) in [6.07, 6.45) is 0. The highest BCUT2D eigenvalue weighted by atomic mass is 79.9. The monoisotopic (exact) mass is 354 g/mol. The van der Waals surface area contributed by atoms with Crippen molar-refractivity contribution in [2.24, 2.45) is 0 Å². The van der Waals surface area contributed by atoms with E-state index in [1.54, 1.807) is 18.3 Å². The predicted octanol–water partition coefficient (Wildman–Crippen LogP) is 3.66. The third-order valence-electron chi connectivity index (χ3n) is 2.77. The van der Waals surface area contributed by atoms with Crippen molar-refractivity contribution in [2.45, 2.75) is 13.5 Å². The maximum atomic E-state index is 12.1. The van der Waals surface area contributed by atoms with Gasteiger partial charge in [0.25, 0.3) is 11.6 Å². The van der Waals surface area contributed by atoms with Crippen LogP contribution in [-0.2, 0) is 6.54 Å². The van der Waals surface area contributed by atoms with Crippen LogP contribution in [0.1, 0.15) is 20.8 Å². The summed E-state index contributed by atoms with van der Waals surface area (Å²) in [5.74, 6) is -0.238. The van der Waals surface area contributed by atoms with Gasteiger partial charge in [-0.2, -0.15) is 0 Å². The van der Waals surface area contributed by atoms with Gasteiger partial charge in [-0.3, -0.25) is 14.9 Å². The molecule has 0 saturated heterocycles. The van der Waals surface area contributed by atoms with Crippen LogP contribution in [0.5, 0.6) is 0 Å². The van der Waals surface area contributed by atoms with Crippen molar-refractivity contribution in [2.75, 3.05) is 0 Å². The normalized spacial score (nSPS) is 10.3. The van der Waals surface area contributed by atoms with Crippen molar-refractivity contribution in [3.63, 3.8) is 0 Å². The fourth-order valence-corrected chi connectivity index (χ4v) is 3.16. The van der Waals surface area contributed by atoms with E-state index < -0.39 is 4.92 Å². The third kappa shape index (κ3) is 3.23. The molecule has 0 unspecified atom stereocenters. The van der Waals surface area contributed by atoms with Crippen molar-refractivity contribution >= 4 is 38.9 Å². The second kappa shape index (κ2) is 6.15. The number of hydrogen-bond donors (Lipinski definition) is 1. The molecule has 0 saturated carbocycles. The molecule has 1 aromatic carbocycles. The molecule has 1 amide bonds. The lowest BCUT2D eigenvalue weighted by Crippen LogP contribution is -2.23. The minimum atomic E-state index is -0.475. The Labute approximate surface area is 127 Å². The molecule has 104 valence electrons.